The summed E-state index contributed by atoms with van der Waals surface area (Å²) < 4.78 is 35.4. The molecule has 3 N–H and O–H groups in total. The van der Waals surface area contributed by atoms with Gasteiger partial charge in [-0.3, -0.25) is 0 Å². The topological polar surface area (TPSA) is 38.0 Å². The van der Waals surface area contributed by atoms with Crippen LogP contribution in [-0.2, 0) is 0 Å². The highest BCUT2D eigenvalue weighted by molar-refractivity contribution is 7.10. The first-order valence-corrected chi connectivity index (χ1v) is 5.43. The first kappa shape index (κ1) is 12.5. The van der Waals surface area contributed by atoms with Gasteiger partial charge in [0.05, 0.1) is 12.5 Å². The molecule has 0 amide bonds. The van der Waals surface area contributed by atoms with Crippen LogP contribution < -0.4 is 11.1 Å². The molecule has 1 atom stereocenters. The summed E-state index contributed by atoms with van der Waals surface area (Å²) in [5, 5.41) is 4.59. The minimum absolute atomic E-state index is 0.0808. The summed E-state index contributed by atoms with van der Waals surface area (Å²) in [5.41, 5.74) is 5.76. The number of rotatable bonds is 5. The molecule has 0 bridgehead atoms. The monoisotopic (exact) mass is 238 g/mol. The Balaban J connectivity index is 2.16. The first-order valence-electron chi connectivity index (χ1n) is 4.55. The zero-order valence-electron chi connectivity index (χ0n) is 8.05. The summed E-state index contributed by atoms with van der Waals surface area (Å²) in [7, 11) is 0. The maximum absolute atomic E-state index is 11.8. The van der Waals surface area contributed by atoms with Gasteiger partial charge in [-0.15, -0.1) is 11.3 Å². The highest BCUT2D eigenvalue weighted by Gasteiger charge is 2.26. The van der Waals surface area contributed by atoms with Crippen LogP contribution in [0.25, 0.3) is 0 Å². The molecule has 0 fully saturated rings. The maximum Gasteiger partial charge on any atom is 0.390 e. The third kappa shape index (κ3) is 5.15. The van der Waals surface area contributed by atoms with Gasteiger partial charge in [0.25, 0.3) is 0 Å². The van der Waals surface area contributed by atoms with Crippen molar-refractivity contribution in [2.24, 2.45) is 5.73 Å². The Hall–Kier alpha value is -0.590. The van der Waals surface area contributed by atoms with Crippen LogP contribution in [0.15, 0.2) is 17.5 Å². The van der Waals surface area contributed by atoms with Crippen molar-refractivity contribution in [3.63, 3.8) is 0 Å². The van der Waals surface area contributed by atoms with Crippen LogP contribution in [0.5, 0.6) is 0 Å². The Labute approximate surface area is 90.3 Å². The van der Waals surface area contributed by atoms with Gasteiger partial charge in [-0.05, 0) is 11.4 Å². The summed E-state index contributed by atoms with van der Waals surface area (Å²) in [6.07, 6.45) is -4.91. The minimum atomic E-state index is -4.10. The van der Waals surface area contributed by atoms with Crippen molar-refractivity contribution >= 4 is 11.3 Å². The van der Waals surface area contributed by atoms with E-state index in [1.165, 1.54) is 11.3 Å². The second kappa shape index (κ2) is 5.48. The number of nitrogens with one attached hydrogen (secondary N) is 1. The molecule has 1 aromatic heterocycles. The molecule has 0 spiro atoms. The second-order valence-corrected chi connectivity index (χ2v) is 4.17. The third-order valence-electron chi connectivity index (χ3n) is 1.86. The van der Waals surface area contributed by atoms with Crippen molar-refractivity contribution in [2.75, 3.05) is 13.1 Å². The van der Waals surface area contributed by atoms with Crippen LogP contribution in [-0.4, -0.2) is 19.3 Å². The lowest BCUT2D eigenvalue weighted by Gasteiger charge is -2.11. The molecule has 1 rings (SSSR count). The Morgan fingerprint density at radius 3 is 2.73 bits per heavy atom. The lowest BCUT2D eigenvalue weighted by molar-refractivity contribution is -0.133. The average molecular weight is 238 g/mol. The highest BCUT2D eigenvalue weighted by atomic mass is 32.1. The predicted molar refractivity (Wildman–Crippen MR) is 54.8 cm³/mol. The summed E-state index contributed by atoms with van der Waals surface area (Å²) >= 11 is 1.51. The van der Waals surface area contributed by atoms with Gasteiger partial charge in [-0.2, -0.15) is 13.2 Å². The summed E-state index contributed by atoms with van der Waals surface area (Å²) in [6, 6.07) is 3.52. The molecule has 15 heavy (non-hydrogen) atoms. The van der Waals surface area contributed by atoms with Crippen molar-refractivity contribution in [3.05, 3.63) is 22.4 Å². The molecule has 0 saturated heterocycles. The first-order chi connectivity index (χ1) is 6.99. The number of halogens is 3. The largest absolute Gasteiger partial charge is 0.390 e. The lowest BCUT2D eigenvalue weighted by Crippen LogP contribution is -2.29. The van der Waals surface area contributed by atoms with Crippen molar-refractivity contribution in [1.29, 1.82) is 0 Å². The normalized spacial score (nSPS) is 14.1. The molecule has 0 radical (unpaired) electrons. The Bertz CT molecular complexity index is 271. The number of alkyl halides is 3. The van der Waals surface area contributed by atoms with Crippen molar-refractivity contribution in [2.45, 2.75) is 18.6 Å². The van der Waals surface area contributed by atoms with Crippen LogP contribution in [0.4, 0.5) is 13.2 Å². The zero-order valence-corrected chi connectivity index (χ0v) is 8.87. The third-order valence-corrected chi connectivity index (χ3v) is 2.86. The summed E-state index contributed by atoms with van der Waals surface area (Å²) in [6.45, 7) is 0.291. The standard InChI is InChI=1S/C9H13F3N2S/c10-9(11,12)3-4-14-6-7(13)8-2-1-5-15-8/h1-2,5,7,14H,3-4,6,13H2. The second-order valence-electron chi connectivity index (χ2n) is 3.19. The van der Waals surface area contributed by atoms with Gasteiger partial charge in [0.2, 0.25) is 0 Å². The number of hydrogen-bond donors (Lipinski definition) is 2. The van der Waals surface area contributed by atoms with E-state index in [0.717, 1.165) is 4.88 Å². The van der Waals surface area contributed by atoms with E-state index in [1.807, 2.05) is 17.5 Å². The molecule has 1 heterocycles. The number of hydrogen-bond acceptors (Lipinski definition) is 3. The van der Waals surface area contributed by atoms with Crippen LogP contribution in [0.3, 0.4) is 0 Å². The van der Waals surface area contributed by atoms with Gasteiger partial charge in [-0.25, -0.2) is 0 Å². The molecule has 0 saturated carbocycles. The Morgan fingerprint density at radius 2 is 2.20 bits per heavy atom. The summed E-state index contributed by atoms with van der Waals surface area (Å²) in [4.78, 5) is 0.981. The maximum atomic E-state index is 11.8. The number of thiophene rings is 1. The molecule has 0 aliphatic rings. The van der Waals surface area contributed by atoms with Crippen LogP contribution >= 0.6 is 11.3 Å². The molecule has 86 valence electrons. The fourth-order valence-corrected chi connectivity index (χ4v) is 1.82. The molecule has 0 aliphatic carbocycles. The molecule has 1 unspecified atom stereocenters. The van der Waals surface area contributed by atoms with Gasteiger partial charge in [0.1, 0.15) is 0 Å². The van der Waals surface area contributed by atoms with Gasteiger partial charge in [-0.1, -0.05) is 6.07 Å². The van der Waals surface area contributed by atoms with Crippen LogP contribution in [0.1, 0.15) is 17.3 Å². The van der Waals surface area contributed by atoms with Gasteiger partial charge < -0.3 is 11.1 Å². The quantitative estimate of drug-likeness (QED) is 0.772. The van der Waals surface area contributed by atoms with E-state index in [1.54, 1.807) is 0 Å². The molecule has 6 heteroatoms. The zero-order chi connectivity index (χ0) is 11.3. The van der Waals surface area contributed by atoms with E-state index in [0.29, 0.717) is 6.54 Å². The Morgan fingerprint density at radius 1 is 1.47 bits per heavy atom. The van der Waals surface area contributed by atoms with Gasteiger partial charge in [0.15, 0.2) is 0 Å². The summed E-state index contributed by atoms with van der Waals surface area (Å²) in [5.74, 6) is 0. The molecular weight excluding hydrogens is 225 g/mol. The van der Waals surface area contributed by atoms with E-state index in [9.17, 15) is 13.2 Å². The molecule has 0 aromatic carbocycles. The van der Waals surface area contributed by atoms with Crippen molar-refractivity contribution in [3.8, 4) is 0 Å². The van der Waals surface area contributed by atoms with E-state index in [4.69, 9.17) is 5.73 Å². The Kier molecular flexibility index (Phi) is 4.56. The van der Waals surface area contributed by atoms with E-state index in [-0.39, 0.29) is 12.6 Å². The van der Waals surface area contributed by atoms with Gasteiger partial charge in [0, 0.05) is 18.0 Å². The van der Waals surface area contributed by atoms with Crippen LogP contribution in [0.2, 0.25) is 0 Å². The molecule has 2 nitrogen and oxygen atoms in total. The van der Waals surface area contributed by atoms with Crippen LogP contribution in [0, 0.1) is 0 Å². The SMILES string of the molecule is NC(CNCCC(F)(F)F)c1cccs1. The van der Waals surface area contributed by atoms with Crippen molar-refractivity contribution < 1.29 is 13.2 Å². The average Bonchev–Trinajstić information content (AvgIpc) is 2.63. The molecule has 0 aliphatic heterocycles. The smallest absolute Gasteiger partial charge is 0.322 e. The highest BCUT2D eigenvalue weighted by Crippen LogP contribution is 2.19. The van der Waals surface area contributed by atoms with Crippen molar-refractivity contribution in [1.82, 2.24) is 5.32 Å². The fraction of sp³-hybridized carbons (Fsp3) is 0.556. The van der Waals surface area contributed by atoms with E-state index >= 15 is 0 Å². The van der Waals surface area contributed by atoms with Gasteiger partial charge >= 0.3 is 6.18 Å². The minimum Gasteiger partial charge on any atom is -0.322 e. The molecule has 1 aromatic rings. The fourth-order valence-electron chi connectivity index (χ4n) is 1.09. The van der Waals surface area contributed by atoms with E-state index in [2.05, 4.69) is 5.32 Å². The lowest BCUT2D eigenvalue weighted by atomic mass is 10.2. The predicted octanol–water partition coefficient (Wildman–Crippen LogP) is 2.29. The number of nitrogens with two attached hydrogens (primary N) is 1. The molecular formula is C9H13F3N2S. The van der Waals surface area contributed by atoms with E-state index < -0.39 is 12.6 Å².